The van der Waals surface area contributed by atoms with Gasteiger partial charge >= 0.3 is 20.1 Å². The minimum atomic E-state index is -4.83. The minimum absolute atomic E-state index is 0.0226. The highest BCUT2D eigenvalue weighted by Crippen LogP contribution is 2.54. The molecule has 0 aromatic heterocycles. The lowest BCUT2D eigenvalue weighted by atomic mass is 10.2. The van der Waals surface area contributed by atoms with Gasteiger partial charge in [0.2, 0.25) is 0 Å². The molecule has 0 saturated heterocycles. The summed E-state index contributed by atoms with van der Waals surface area (Å²) in [5, 5.41) is 0. The molecule has 23 heavy (non-hydrogen) atoms. The average Bonchev–Trinajstić information content (AvgIpc) is 2.30. The summed E-state index contributed by atoms with van der Waals surface area (Å²) in [7, 11) is -4.74. The summed E-state index contributed by atoms with van der Waals surface area (Å²) < 4.78 is 95.9. The number of nitrogens with zero attached hydrogens (tertiary/aromatic N) is 1. The second kappa shape index (κ2) is 8.69. The standard InChI is InChI=1S/C12H22F6NO3P/c1-9(2)5-19(6-10(3)4)23(20,21-7-11(13,14)15)22-8-12(16,17)18/h9-10H,5-8H2,1-4H3. The van der Waals surface area contributed by atoms with Crippen LogP contribution in [0.5, 0.6) is 0 Å². The lowest BCUT2D eigenvalue weighted by Gasteiger charge is -2.32. The molecule has 0 rings (SSSR count). The van der Waals surface area contributed by atoms with E-state index in [-0.39, 0.29) is 24.9 Å². The Morgan fingerprint density at radius 2 is 1.13 bits per heavy atom. The van der Waals surface area contributed by atoms with E-state index in [9.17, 15) is 30.9 Å². The van der Waals surface area contributed by atoms with E-state index in [0.717, 1.165) is 4.67 Å². The molecule has 0 N–H and O–H groups in total. The topological polar surface area (TPSA) is 38.8 Å². The number of rotatable bonds is 9. The van der Waals surface area contributed by atoms with E-state index in [4.69, 9.17) is 0 Å². The summed E-state index contributed by atoms with van der Waals surface area (Å²) in [6.45, 7) is 2.80. The molecule has 0 heterocycles. The zero-order chi connectivity index (χ0) is 18.5. The van der Waals surface area contributed by atoms with Gasteiger partial charge in [-0.2, -0.15) is 26.3 Å². The van der Waals surface area contributed by atoms with Crippen molar-refractivity contribution in [3.8, 4) is 0 Å². The molecule has 0 atom stereocenters. The summed E-state index contributed by atoms with van der Waals surface area (Å²) in [6.07, 6.45) is -9.67. The Bertz CT molecular complexity index is 365. The fraction of sp³-hybridized carbons (Fsp3) is 1.00. The summed E-state index contributed by atoms with van der Waals surface area (Å²) in [4.78, 5) is 0. The van der Waals surface area contributed by atoms with Gasteiger partial charge in [-0.1, -0.05) is 27.7 Å². The Kier molecular flexibility index (Phi) is 8.57. The Balaban J connectivity index is 5.34. The first-order valence-electron chi connectivity index (χ1n) is 6.92. The molecular weight excluding hydrogens is 351 g/mol. The third-order valence-electron chi connectivity index (χ3n) is 2.28. The van der Waals surface area contributed by atoms with Gasteiger partial charge < -0.3 is 0 Å². The SMILES string of the molecule is CC(C)CN(CC(C)C)P(=O)(OCC(F)(F)F)OCC(F)(F)F. The van der Waals surface area contributed by atoms with Crippen molar-refractivity contribution in [3.05, 3.63) is 0 Å². The zero-order valence-electron chi connectivity index (χ0n) is 13.4. The van der Waals surface area contributed by atoms with E-state index in [1.807, 2.05) is 0 Å². The van der Waals surface area contributed by atoms with E-state index in [0.29, 0.717) is 0 Å². The predicted octanol–water partition coefficient (Wildman–Crippen LogP) is 4.87. The van der Waals surface area contributed by atoms with Crippen LogP contribution >= 0.6 is 7.75 Å². The van der Waals surface area contributed by atoms with Crippen molar-refractivity contribution < 1.29 is 40.0 Å². The van der Waals surface area contributed by atoms with Gasteiger partial charge in [0, 0.05) is 13.1 Å². The Morgan fingerprint density at radius 1 is 0.826 bits per heavy atom. The van der Waals surface area contributed by atoms with Crippen LogP contribution in [0.15, 0.2) is 0 Å². The van der Waals surface area contributed by atoms with E-state index in [2.05, 4.69) is 9.05 Å². The van der Waals surface area contributed by atoms with E-state index < -0.39 is 33.3 Å². The lowest BCUT2D eigenvalue weighted by Crippen LogP contribution is -2.33. The van der Waals surface area contributed by atoms with Crippen LogP contribution in [0, 0.1) is 11.8 Å². The largest absolute Gasteiger partial charge is 0.412 e. The number of hydrogen-bond acceptors (Lipinski definition) is 3. The maximum absolute atomic E-state index is 12.6. The summed E-state index contributed by atoms with van der Waals surface area (Å²) in [6, 6.07) is 0. The third-order valence-corrected chi connectivity index (χ3v) is 4.21. The molecule has 4 nitrogen and oxygen atoms in total. The molecule has 0 bridgehead atoms. The van der Waals surface area contributed by atoms with Gasteiger partial charge in [0.15, 0.2) is 13.2 Å². The summed E-state index contributed by atoms with van der Waals surface area (Å²) in [5.41, 5.74) is 0. The van der Waals surface area contributed by atoms with Crippen molar-refractivity contribution in [3.63, 3.8) is 0 Å². The third kappa shape index (κ3) is 11.0. The Hall–Kier alpha value is -0.310. The second-order valence-electron chi connectivity index (χ2n) is 5.91. The van der Waals surface area contributed by atoms with Gasteiger partial charge in [-0.05, 0) is 11.8 Å². The average molecular weight is 373 g/mol. The Morgan fingerprint density at radius 3 is 1.35 bits per heavy atom. The van der Waals surface area contributed by atoms with Crippen LogP contribution in [0.25, 0.3) is 0 Å². The number of halogens is 6. The molecule has 0 aliphatic heterocycles. The zero-order valence-corrected chi connectivity index (χ0v) is 14.3. The highest BCUT2D eigenvalue weighted by molar-refractivity contribution is 7.51. The van der Waals surface area contributed by atoms with Crippen LogP contribution in [0.2, 0.25) is 0 Å². The van der Waals surface area contributed by atoms with Gasteiger partial charge in [-0.25, -0.2) is 9.24 Å². The first kappa shape index (κ1) is 22.7. The van der Waals surface area contributed by atoms with Crippen molar-refractivity contribution in [1.29, 1.82) is 0 Å². The van der Waals surface area contributed by atoms with Gasteiger partial charge in [0.05, 0.1) is 0 Å². The van der Waals surface area contributed by atoms with Crippen LogP contribution in [0.3, 0.4) is 0 Å². The molecule has 0 aromatic carbocycles. The highest BCUT2D eigenvalue weighted by Gasteiger charge is 2.42. The van der Waals surface area contributed by atoms with Gasteiger partial charge in [0.25, 0.3) is 0 Å². The maximum atomic E-state index is 12.6. The first-order valence-corrected chi connectivity index (χ1v) is 8.42. The van der Waals surface area contributed by atoms with Gasteiger partial charge in [-0.15, -0.1) is 0 Å². The predicted molar refractivity (Wildman–Crippen MR) is 72.9 cm³/mol. The summed E-state index contributed by atoms with van der Waals surface area (Å²) in [5.74, 6) is -0.322. The maximum Gasteiger partial charge on any atom is 0.412 e. The van der Waals surface area contributed by atoms with Crippen molar-refractivity contribution in [2.75, 3.05) is 26.3 Å². The van der Waals surface area contributed by atoms with Gasteiger partial charge in [-0.3, -0.25) is 9.05 Å². The fourth-order valence-electron chi connectivity index (χ4n) is 1.63. The van der Waals surface area contributed by atoms with E-state index in [1.54, 1.807) is 27.7 Å². The minimum Gasteiger partial charge on any atom is -0.287 e. The molecule has 0 radical (unpaired) electrons. The van der Waals surface area contributed by atoms with Crippen molar-refractivity contribution in [2.45, 2.75) is 40.0 Å². The van der Waals surface area contributed by atoms with Crippen molar-refractivity contribution in [1.82, 2.24) is 4.67 Å². The van der Waals surface area contributed by atoms with Crippen LogP contribution in [-0.2, 0) is 13.6 Å². The second-order valence-corrected chi connectivity index (χ2v) is 7.92. The van der Waals surface area contributed by atoms with Crippen LogP contribution < -0.4 is 0 Å². The molecule has 140 valence electrons. The highest BCUT2D eigenvalue weighted by atomic mass is 31.2. The molecule has 0 amide bonds. The number of hydrogen-bond donors (Lipinski definition) is 0. The lowest BCUT2D eigenvalue weighted by molar-refractivity contribution is -0.168. The van der Waals surface area contributed by atoms with E-state index in [1.165, 1.54) is 0 Å². The Labute approximate surface area is 131 Å². The monoisotopic (exact) mass is 373 g/mol. The smallest absolute Gasteiger partial charge is 0.287 e. The molecule has 0 unspecified atom stereocenters. The molecule has 0 spiro atoms. The molecule has 0 aromatic rings. The quantitative estimate of drug-likeness (QED) is 0.427. The van der Waals surface area contributed by atoms with Crippen LogP contribution in [-0.4, -0.2) is 43.3 Å². The molecule has 0 saturated carbocycles. The molecule has 0 aliphatic carbocycles. The number of alkyl halides is 6. The fourth-order valence-corrected chi connectivity index (χ4v) is 3.70. The normalized spacial score (nSPS) is 14.3. The van der Waals surface area contributed by atoms with E-state index >= 15 is 0 Å². The van der Waals surface area contributed by atoms with Crippen LogP contribution in [0.1, 0.15) is 27.7 Å². The van der Waals surface area contributed by atoms with Crippen molar-refractivity contribution >= 4 is 7.75 Å². The molecule has 11 heteroatoms. The molecular formula is C12H22F6NO3P. The van der Waals surface area contributed by atoms with Crippen molar-refractivity contribution in [2.24, 2.45) is 11.8 Å². The molecule has 0 aliphatic rings. The molecule has 0 fully saturated rings. The van der Waals surface area contributed by atoms with Gasteiger partial charge in [0.1, 0.15) is 0 Å². The van der Waals surface area contributed by atoms with Crippen LogP contribution in [0.4, 0.5) is 26.3 Å². The summed E-state index contributed by atoms with van der Waals surface area (Å²) >= 11 is 0. The first-order chi connectivity index (χ1) is 10.1.